The minimum atomic E-state index is -0.0727. The van der Waals surface area contributed by atoms with E-state index in [0.717, 1.165) is 4.88 Å². The summed E-state index contributed by atoms with van der Waals surface area (Å²) in [4.78, 5) is 12.6. The lowest BCUT2D eigenvalue weighted by molar-refractivity contribution is -0.122. The van der Waals surface area contributed by atoms with Crippen LogP contribution in [0.5, 0.6) is 0 Å². The lowest BCUT2D eigenvalue weighted by Gasteiger charge is -2.03. The molecule has 0 radical (unpaired) electrons. The summed E-state index contributed by atoms with van der Waals surface area (Å²) >= 11 is 1.62. The number of aromatic nitrogens is 2. The molecule has 0 aliphatic heterocycles. The molecule has 0 aliphatic carbocycles. The fourth-order valence-electron chi connectivity index (χ4n) is 1.27. The van der Waals surface area contributed by atoms with Gasteiger partial charge in [-0.2, -0.15) is 5.10 Å². The van der Waals surface area contributed by atoms with Crippen LogP contribution in [-0.4, -0.2) is 15.7 Å². The molecule has 0 unspecified atom stereocenters. The second-order valence-corrected chi connectivity index (χ2v) is 4.33. The molecule has 2 heterocycles. The van der Waals surface area contributed by atoms with Crippen molar-refractivity contribution in [3.05, 3.63) is 34.7 Å². The molecule has 0 atom stereocenters. The van der Waals surface area contributed by atoms with Crippen molar-refractivity contribution in [2.45, 2.75) is 13.1 Å². The summed E-state index contributed by atoms with van der Waals surface area (Å²) < 4.78 is 1.51. The number of hydrogen-bond acceptors (Lipinski definition) is 4. The van der Waals surface area contributed by atoms with Gasteiger partial charge in [0.2, 0.25) is 5.91 Å². The fourth-order valence-corrected chi connectivity index (χ4v) is 1.91. The Morgan fingerprint density at radius 1 is 1.56 bits per heavy atom. The number of nitrogens with two attached hydrogens (primary N) is 1. The summed E-state index contributed by atoms with van der Waals surface area (Å²) in [5.41, 5.74) is 5.44. The van der Waals surface area contributed by atoms with Gasteiger partial charge in [-0.3, -0.25) is 9.48 Å². The van der Waals surface area contributed by atoms with Crippen molar-refractivity contribution < 1.29 is 4.79 Å². The minimum absolute atomic E-state index is 0.0727. The zero-order valence-electron chi connectivity index (χ0n) is 8.59. The zero-order valence-corrected chi connectivity index (χ0v) is 9.41. The van der Waals surface area contributed by atoms with Crippen LogP contribution in [0.15, 0.2) is 29.8 Å². The number of nitrogen functional groups attached to an aromatic ring is 1. The number of amides is 1. The van der Waals surface area contributed by atoms with Gasteiger partial charge in [0.15, 0.2) is 0 Å². The van der Waals surface area contributed by atoms with E-state index in [0.29, 0.717) is 12.4 Å². The summed E-state index contributed by atoms with van der Waals surface area (Å²) in [5.74, 6) is 0.350. The van der Waals surface area contributed by atoms with Gasteiger partial charge in [0.25, 0.3) is 0 Å². The standard InChI is InChI=1S/C10H12N4OS/c11-9-3-4-14(13-9)7-10(15)12-6-8-2-1-5-16-8/h1-5H,6-7H2,(H2,11,13)(H,12,15). The van der Waals surface area contributed by atoms with E-state index >= 15 is 0 Å². The number of anilines is 1. The molecule has 0 saturated carbocycles. The van der Waals surface area contributed by atoms with Crippen LogP contribution in [0.25, 0.3) is 0 Å². The molecule has 3 N–H and O–H groups in total. The van der Waals surface area contributed by atoms with Crippen LogP contribution in [0.4, 0.5) is 5.82 Å². The molecule has 2 aromatic rings. The number of nitrogens with one attached hydrogen (secondary N) is 1. The highest BCUT2D eigenvalue weighted by molar-refractivity contribution is 7.09. The highest BCUT2D eigenvalue weighted by Crippen LogP contribution is 2.07. The number of hydrogen-bond donors (Lipinski definition) is 2. The summed E-state index contributed by atoms with van der Waals surface area (Å²) in [7, 11) is 0. The Balaban J connectivity index is 1.81. The van der Waals surface area contributed by atoms with Crippen LogP contribution >= 0.6 is 11.3 Å². The predicted octanol–water partition coefficient (Wildman–Crippen LogP) is 0.843. The first-order valence-corrected chi connectivity index (χ1v) is 5.70. The second kappa shape index (κ2) is 4.80. The molecular weight excluding hydrogens is 224 g/mol. The van der Waals surface area contributed by atoms with Crippen LogP contribution in [0.2, 0.25) is 0 Å². The monoisotopic (exact) mass is 236 g/mol. The SMILES string of the molecule is Nc1ccn(CC(=O)NCc2cccs2)n1. The number of carbonyl (C=O) groups is 1. The maximum absolute atomic E-state index is 11.5. The third-order valence-corrected chi connectivity index (χ3v) is 2.88. The molecule has 1 amide bonds. The molecule has 2 rings (SSSR count). The number of carbonyl (C=O) groups excluding carboxylic acids is 1. The van der Waals surface area contributed by atoms with Crippen LogP contribution < -0.4 is 11.1 Å². The quantitative estimate of drug-likeness (QED) is 0.826. The highest BCUT2D eigenvalue weighted by atomic mass is 32.1. The van der Waals surface area contributed by atoms with Gasteiger partial charge >= 0.3 is 0 Å². The van der Waals surface area contributed by atoms with Crippen molar-refractivity contribution >= 4 is 23.1 Å². The zero-order chi connectivity index (χ0) is 11.4. The fraction of sp³-hybridized carbons (Fsp3) is 0.200. The van der Waals surface area contributed by atoms with E-state index < -0.39 is 0 Å². The number of nitrogens with zero attached hydrogens (tertiary/aromatic N) is 2. The topological polar surface area (TPSA) is 72.9 Å². The summed E-state index contributed by atoms with van der Waals surface area (Å²) in [6.45, 7) is 0.760. The smallest absolute Gasteiger partial charge is 0.242 e. The van der Waals surface area contributed by atoms with E-state index in [4.69, 9.17) is 5.73 Å². The maximum Gasteiger partial charge on any atom is 0.242 e. The number of rotatable bonds is 4. The Kier molecular flexibility index (Phi) is 3.21. The molecule has 0 bridgehead atoms. The van der Waals surface area contributed by atoms with E-state index in [9.17, 15) is 4.79 Å². The third kappa shape index (κ3) is 2.83. The van der Waals surface area contributed by atoms with E-state index in [1.807, 2.05) is 17.5 Å². The predicted molar refractivity (Wildman–Crippen MR) is 62.8 cm³/mol. The highest BCUT2D eigenvalue weighted by Gasteiger charge is 2.03. The Morgan fingerprint density at radius 2 is 2.44 bits per heavy atom. The van der Waals surface area contributed by atoms with Crippen molar-refractivity contribution in [3.8, 4) is 0 Å². The van der Waals surface area contributed by atoms with Crippen molar-refractivity contribution in [1.82, 2.24) is 15.1 Å². The third-order valence-electron chi connectivity index (χ3n) is 2.01. The largest absolute Gasteiger partial charge is 0.382 e. The van der Waals surface area contributed by atoms with Crippen LogP contribution in [0.3, 0.4) is 0 Å². The minimum Gasteiger partial charge on any atom is -0.382 e. The molecular formula is C10H12N4OS. The molecule has 5 nitrogen and oxygen atoms in total. The van der Waals surface area contributed by atoms with Gasteiger partial charge in [0.1, 0.15) is 12.4 Å². The van der Waals surface area contributed by atoms with Gasteiger partial charge in [-0.05, 0) is 17.5 Å². The van der Waals surface area contributed by atoms with E-state index in [1.165, 1.54) is 4.68 Å². The van der Waals surface area contributed by atoms with Crippen LogP contribution in [0.1, 0.15) is 4.88 Å². The molecule has 84 valence electrons. The van der Waals surface area contributed by atoms with E-state index in [1.54, 1.807) is 23.6 Å². The molecule has 0 aromatic carbocycles. The Bertz CT molecular complexity index is 463. The van der Waals surface area contributed by atoms with E-state index in [-0.39, 0.29) is 12.5 Å². The average Bonchev–Trinajstić information content (AvgIpc) is 2.87. The first-order valence-electron chi connectivity index (χ1n) is 4.82. The van der Waals surface area contributed by atoms with Gasteiger partial charge in [-0.15, -0.1) is 11.3 Å². The maximum atomic E-state index is 11.5. The van der Waals surface area contributed by atoms with Gasteiger partial charge in [-0.1, -0.05) is 6.07 Å². The van der Waals surface area contributed by atoms with Gasteiger partial charge in [-0.25, -0.2) is 0 Å². The van der Waals surface area contributed by atoms with Crippen molar-refractivity contribution in [2.24, 2.45) is 0 Å². The lowest BCUT2D eigenvalue weighted by atomic mass is 10.4. The molecule has 6 heteroatoms. The second-order valence-electron chi connectivity index (χ2n) is 3.29. The van der Waals surface area contributed by atoms with Crippen LogP contribution in [-0.2, 0) is 17.9 Å². The Hall–Kier alpha value is -1.82. The van der Waals surface area contributed by atoms with E-state index in [2.05, 4.69) is 10.4 Å². The Labute approximate surface area is 96.9 Å². The van der Waals surface area contributed by atoms with Gasteiger partial charge in [0.05, 0.1) is 6.54 Å². The first kappa shape index (κ1) is 10.7. The summed E-state index contributed by atoms with van der Waals surface area (Å²) in [6.07, 6.45) is 1.68. The molecule has 16 heavy (non-hydrogen) atoms. The first-order chi connectivity index (χ1) is 7.74. The molecule has 0 saturated heterocycles. The van der Waals surface area contributed by atoms with Crippen LogP contribution in [0, 0.1) is 0 Å². The lowest BCUT2D eigenvalue weighted by Crippen LogP contribution is -2.27. The molecule has 0 spiro atoms. The van der Waals surface area contributed by atoms with Gasteiger partial charge in [0, 0.05) is 11.1 Å². The molecule has 0 fully saturated rings. The average molecular weight is 236 g/mol. The Morgan fingerprint density at radius 3 is 3.06 bits per heavy atom. The normalized spacial score (nSPS) is 10.2. The van der Waals surface area contributed by atoms with Crippen molar-refractivity contribution in [2.75, 3.05) is 5.73 Å². The number of thiophene rings is 1. The summed E-state index contributed by atoms with van der Waals surface area (Å²) in [5, 5.41) is 8.73. The molecule has 0 aliphatic rings. The van der Waals surface area contributed by atoms with Crippen molar-refractivity contribution in [3.63, 3.8) is 0 Å². The van der Waals surface area contributed by atoms with Crippen molar-refractivity contribution in [1.29, 1.82) is 0 Å². The summed E-state index contributed by atoms with van der Waals surface area (Å²) in [6, 6.07) is 5.60. The molecule has 2 aromatic heterocycles. The van der Waals surface area contributed by atoms with Gasteiger partial charge < -0.3 is 11.1 Å².